The standard InChI is InChI=1S/C10H11BrFNO/c1-5-4-14-10-7(9(5)13)2-6(12)3-8(10)11/h2-3,5,9H,4,13H2,1H3. The lowest BCUT2D eigenvalue weighted by Gasteiger charge is -2.29. The average Bonchev–Trinajstić information content (AvgIpc) is 2.12. The van der Waals surface area contributed by atoms with Crippen LogP contribution in [-0.2, 0) is 0 Å². The Labute approximate surface area is 90.4 Å². The van der Waals surface area contributed by atoms with Crippen LogP contribution in [0.4, 0.5) is 4.39 Å². The van der Waals surface area contributed by atoms with Crippen molar-refractivity contribution in [3.05, 3.63) is 28.0 Å². The summed E-state index contributed by atoms with van der Waals surface area (Å²) in [7, 11) is 0. The molecule has 0 amide bonds. The van der Waals surface area contributed by atoms with E-state index in [2.05, 4.69) is 15.9 Å². The van der Waals surface area contributed by atoms with Gasteiger partial charge in [-0.15, -0.1) is 0 Å². The second-order valence-electron chi connectivity index (χ2n) is 3.62. The first-order chi connectivity index (χ1) is 6.59. The molecule has 0 fully saturated rings. The van der Waals surface area contributed by atoms with Gasteiger partial charge in [0.05, 0.1) is 11.1 Å². The molecule has 1 aromatic rings. The molecule has 1 heterocycles. The molecule has 14 heavy (non-hydrogen) atoms. The minimum absolute atomic E-state index is 0.147. The fourth-order valence-electron chi connectivity index (χ4n) is 1.61. The summed E-state index contributed by atoms with van der Waals surface area (Å²) in [5, 5.41) is 0. The predicted molar refractivity (Wildman–Crippen MR) is 55.7 cm³/mol. The van der Waals surface area contributed by atoms with Gasteiger partial charge in [-0.1, -0.05) is 6.92 Å². The summed E-state index contributed by atoms with van der Waals surface area (Å²) in [6, 6.07) is 2.69. The molecular formula is C10H11BrFNO. The Hall–Kier alpha value is -0.610. The Morgan fingerprint density at radius 1 is 1.57 bits per heavy atom. The van der Waals surface area contributed by atoms with Crippen molar-refractivity contribution in [1.82, 2.24) is 0 Å². The summed E-state index contributed by atoms with van der Waals surface area (Å²) < 4.78 is 19.2. The van der Waals surface area contributed by atoms with Crippen LogP contribution in [0.1, 0.15) is 18.5 Å². The summed E-state index contributed by atoms with van der Waals surface area (Å²) in [6.45, 7) is 2.57. The van der Waals surface area contributed by atoms with E-state index in [4.69, 9.17) is 10.5 Å². The van der Waals surface area contributed by atoms with E-state index in [9.17, 15) is 4.39 Å². The number of nitrogens with two attached hydrogens (primary N) is 1. The van der Waals surface area contributed by atoms with Crippen molar-refractivity contribution in [3.63, 3.8) is 0 Å². The number of hydrogen-bond donors (Lipinski definition) is 1. The topological polar surface area (TPSA) is 35.2 Å². The molecular weight excluding hydrogens is 249 g/mol. The predicted octanol–water partition coefficient (Wildman–Crippen LogP) is 2.62. The molecule has 0 radical (unpaired) electrons. The highest BCUT2D eigenvalue weighted by atomic mass is 79.9. The van der Waals surface area contributed by atoms with Crippen LogP contribution in [0, 0.1) is 11.7 Å². The van der Waals surface area contributed by atoms with E-state index in [0.29, 0.717) is 16.8 Å². The van der Waals surface area contributed by atoms with Crippen molar-refractivity contribution >= 4 is 15.9 Å². The fraction of sp³-hybridized carbons (Fsp3) is 0.400. The Bertz CT molecular complexity index is 369. The quantitative estimate of drug-likeness (QED) is 0.778. The van der Waals surface area contributed by atoms with E-state index in [1.165, 1.54) is 12.1 Å². The van der Waals surface area contributed by atoms with Crippen molar-refractivity contribution in [3.8, 4) is 5.75 Å². The number of rotatable bonds is 0. The lowest BCUT2D eigenvalue weighted by molar-refractivity contribution is 0.205. The van der Waals surface area contributed by atoms with Gasteiger partial charge in [-0.25, -0.2) is 4.39 Å². The molecule has 76 valence electrons. The molecule has 1 aromatic carbocycles. The maximum absolute atomic E-state index is 13.1. The second-order valence-corrected chi connectivity index (χ2v) is 4.47. The van der Waals surface area contributed by atoms with Gasteiger partial charge >= 0.3 is 0 Å². The molecule has 2 nitrogen and oxygen atoms in total. The third-order valence-electron chi connectivity index (χ3n) is 2.50. The normalized spacial score (nSPS) is 25.4. The van der Waals surface area contributed by atoms with Crippen LogP contribution in [0.15, 0.2) is 16.6 Å². The molecule has 1 aliphatic heterocycles. The third-order valence-corrected chi connectivity index (χ3v) is 3.09. The number of fused-ring (bicyclic) bond motifs is 1. The van der Waals surface area contributed by atoms with E-state index in [-0.39, 0.29) is 17.8 Å². The van der Waals surface area contributed by atoms with Gasteiger partial charge in [0.1, 0.15) is 11.6 Å². The minimum atomic E-state index is -0.288. The molecule has 0 aromatic heterocycles. The molecule has 0 bridgehead atoms. The number of benzene rings is 1. The van der Waals surface area contributed by atoms with Gasteiger partial charge in [-0.2, -0.15) is 0 Å². The first kappa shape index (κ1) is 9.93. The van der Waals surface area contributed by atoms with Gasteiger partial charge in [-0.05, 0) is 28.1 Å². The third kappa shape index (κ3) is 1.53. The van der Waals surface area contributed by atoms with Crippen LogP contribution >= 0.6 is 15.9 Å². The molecule has 2 atom stereocenters. The van der Waals surface area contributed by atoms with Gasteiger partial charge in [0.15, 0.2) is 0 Å². The first-order valence-electron chi connectivity index (χ1n) is 4.47. The Kier molecular flexibility index (Phi) is 2.49. The van der Waals surface area contributed by atoms with Crippen LogP contribution < -0.4 is 10.5 Å². The highest BCUT2D eigenvalue weighted by Crippen LogP contribution is 2.39. The summed E-state index contributed by atoms with van der Waals surface area (Å²) >= 11 is 3.26. The summed E-state index contributed by atoms with van der Waals surface area (Å²) in [4.78, 5) is 0. The van der Waals surface area contributed by atoms with E-state index in [1.54, 1.807) is 0 Å². The molecule has 0 saturated heterocycles. The summed E-state index contributed by atoms with van der Waals surface area (Å²) in [5.41, 5.74) is 6.71. The Morgan fingerprint density at radius 3 is 3.00 bits per heavy atom. The maximum atomic E-state index is 13.1. The van der Waals surface area contributed by atoms with Crippen molar-refractivity contribution in [2.45, 2.75) is 13.0 Å². The van der Waals surface area contributed by atoms with Gasteiger partial charge in [-0.3, -0.25) is 0 Å². The highest BCUT2D eigenvalue weighted by Gasteiger charge is 2.26. The molecule has 0 saturated carbocycles. The fourth-order valence-corrected chi connectivity index (χ4v) is 2.17. The lowest BCUT2D eigenvalue weighted by Crippen LogP contribution is -2.29. The zero-order valence-electron chi connectivity index (χ0n) is 7.76. The zero-order chi connectivity index (χ0) is 10.3. The van der Waals surface area contributed by atoms with Gasteiger partial charge in [0.25, 0.3) is 0 Å². The Morgan fingerprint density at radius 2 is 2.29 bits per heavy atom. The van der Waals surface area contributed by atoms with Crippen LogP contribution in [0.25, 0.3) is 0 Å². The molecule has 1 aliphatic rings. The highest BCUT2D eigenvalue weighted by molar-refractivity contribution is 9.10. The van der Waals surface area contributed by atoms with Gasteiger partial charge < -0.3 is 10.5 Å². The second kappa shape index (κ2) is 3.51. The minimum Gasteiger partial charge on any atom is -0.492 e. The molecule has 2 unspecified atom stereocenters. The number of hydrogen-bond acceptors (Lipinski definition) is 2. The molecule has 0 spiro atoms. The maximum Gasteiger partial charge on any atom is 0.138 e. The van der Waals surface area contributed by atoms with Gasteiger partial charge in [0, 0.05) is 17.5 Å². The van der Waals surface area contributed by atoms with Crippen LogP contribution in [0.2, 0.25) is 0 Å². The van der Waals surface area contributed by atoms with Crippen molar-refractivity contribution in [2.24, 2.45) is 11.7 Å². The molecule has 2 N–H and O–H groups in total. The van der Waals surface area contributed by atoms with Crippen LogP contribution in [-0.4, -0.2) is 6.61 Å². The summed E-state index contributed by atoms with van der Waals surface area (Å²) in [6.07, 6.45) is 0. The molecule has 0 aliphatic carbocycles. The van der Waals surface area contributed by atoms with E-state index < -0.39 is 0 Å². The van der Waals surface area contributed by atoms with Crippen molar-refractivity contribution in [1.29, 1.82) is 0 Å². The number of halogens is 2. The number of ether oxygens (including phenoxy) is 1. The van der Waals surface area contributed by atoms with Crippen LogP contribution in [0.3, 0.4) is 0 Å². The smallest absolute Gasteiger partial charge is 0.138 e. The van der Waals surface area contributed by atoms with Gasteiger partial charge in [0.2, 0.25) is 0 Å². The van der Waals surface area contributed by atoms with Crippen molar-refractivity contribution in [2.75, 3.05) is 6.61 Å². The van der Waals surface area contributed by atoms with E-state index in [1.807, 2.05) is 6.92 Å². The summed E-state index contributed by atoms with van der Waals surface area (Å²) in [5.74, 6) is 0.608. The molecule has 2 rings (SSSR count). The van der Waals surface area contributed by atoms with Crippen molar-refractivity contribution < 1.29 is 9.13 Å². The first-order valence-corrected chi connectivity index (χ1v) is 5.26. The largest absolute Gasteiger partial charge is 0.492 e. The van der Waals surface area contributed by atoms with E-state index in [0.717, 1.165) is 5.56 Å². The zero-order valence-corrected chi connectivity index (χ0v) is 9.34. The van der Waals surface area contributed by atoms with E-state index >= 15 is 0 Å². The molecule has 4 heteroatoms. The lowest BCUT2D eigenvalue weighted by atomic mass is 9.93. The average molecular weight is 260 g/mol. The monoisotopic (exact) mass is 259 g/mol. The Balaban J connectivity index is 2.54. The van der Waals surface area contributed by atoms with Crippen LogP contribution in [0.5, 0.6) is 5.75 Å². The SMILES string of the molecule is CC1COc2c(Br)cc(F)cc2C1N.